The summed E-state index contributed by atoms with van der Waals surface area (Å²) in [5.74, 6) is 4.15. The van der Waals surface area contributed by atoms with Gasteiger partial charge in [-0.3, -0.25) is 9.59 Å². The van der Waals surface area contributed by atoms with E-state index in [2.05, 4.69) is 38.3 Å². The maximum Gasteiger partial charge on any atom is 0.229 e. The van der Waals surface area contributed by atoms with Gasteiger partial charge in [-0.1, -0.05) is 39.8 Å². The third-order valence-corrected chi connectivity index (χ3v) is 14.3. The molecule has 3 N–H and O–H groups in total. The summed E-state index contributed by atoms with van der Waals surface area (Å²) in [7, 11) is 0. The lowest BCUT2D eigenvalue weighted by atomic mass is 9.44. The summed E-state index contributed by atoms with van der Waals surface area (Å²) in [6, 6.07) is 7.15. The smallest absolute Gasteiger partial charge is 0.229 e. The predicted molar refractivity (Wildman–Crippen MR) is 173 cm³/mol. The van der Waals surface area contributed by atoms with Crippen LogP contribution in [0, 0.1) is 52.3 Å². The van der Waals surface area contributed by atoms with Crippen LogP contribution >= 0.6 is 0 Å². The lowest BCUT2D eigenvalue weighted by molar-refractivity contribution is -0.273. The molecule has 4 saturated carbocycles. The van der Waals surface area contributed by atoms with Crippen LogP contribution in [-0.4, -0.2) is 48.0 Å². The molecule has 0 radical (unpaired) electrons. The number of carbonyl (C=O) groups is 2. The molecule has 4 aliphatic carbocycles. The first kappa shape index (κ1) is 31.5. The summed E-state index contributed by atoms with van der Waals surface area (Å²) in [6.45, 7) is 11.3. The number of rotatable bonds is 6. The van der Waals surface area contributed by atoms with Crippen LogP contribution in [0.15, 0.2) is 24.3 Å². The van der Waals surface area contributed by atoms with E-state index >= 15 is 0 Å². The van der Waals surface area contributed by atoms with Crippen molar-refractivity contribution in [3.63, 3.8) is 0 Å². The van der Waals surface area contributed by atoms with Crippen molar-refractivity contribution >= 4 is 11.8 Å². The maximum absolute atomic E-state index is 12.9. The van der Waals surface area contributed by atoms with E-state index < -0.39 is 0 Å². The highest BCUT2D eigenvalue weighted by Crippen LogP contribution is 2.71. The van der Waals surface area contributed by atoms with Crippen LogP contribution in [0.4, 0.5) is 0 Å². The third-order valence-electron chi connectivity index (χ3n) is 14.3. The maximum atomic E-state index is 12.9. The van der Waals surface area contributed by atoms with Crippen LogP contribution < -0.4 is 10.6 Å². The zero-order valence-electron chi connectivity index (χ0n) is 28.0. The Balaban J connectivity index is 0.919. The average Bonchev–Trinajstić information content (AvgIpc) is 3.45. The highest BCUT2D eigenvalue weighted by Gasteiger charge is 2.69. The molecule has 0 bridgehead atoms. The van der Waals surface area contributed by atoms with E-state index in [0.29, 0.717) is 53.6 Å². The first-order valence-electron chi connectivity index (χ1n) is 18.2. The second kappa shape index (κ2) is 11.8. The van der Waals surface area contributed by atoms with E-state index in [4.69, 9.17) is 9.47 Å². The fourth-order valence-corrected chi connectivity index (χ4v) is 11.9. The lowest BCUT2D eigenvalue weighted by Gasteiger charge is -2.61. The van der Waals surface area contributed by atoms with Gasteiger partial charge in [0.25, 0.3) is 0 Å². The molecule has 12 atom stereocenters. The summed E-state index contributed by atoms with van der Waals surface area (Å²) in [6.07, 6.45) is 12.8. The Labute approximate surface area is 270 Å². The molecule has 2 heterocycles. The van der Waals surface area contributed by atoms with Gasteiger partial charge in [-0.05, 0) is 128 Å². The molecule has 0 aromatic heterocycles. The molecule has 6 fully saturated rings. The number of carbonyl (C=O) groups excluding carboxylic acids is 2. The lowest BCUT2D eigenvalue weighted by Crippen LogP contribution is -2.56. The Kier molecular flexibility index (Phi) is 8.28. The molecule has 2 amide bonds. The van der Waals surface area contributed by atoms with Crippen molar-refractivity contribution in [1.82, 2.24) is 10.6 Å². The van der Waals surface area contributed by atoms with Gasteiger partial charge in [-0.25, -0.2) is 0 Å². The molecule has 1 spiro atoms. The van der Waals surface area contributed by atoms with Crippen molar-refractivity contribution in [2.45, 2.75) is 123 Å². The summed E-state index contributed by atoms with van der Waals surface area (Å²) in [4.78, 5) is 25.3. The highest BCUT2D eigenvalue weighted by atomic mass is 16.7. The summed E-state index contributed by atoms with van der Waals surface area (Å²) >= 11 is 0. The van der Waals surface area contributed by atoms with Gasteiger partial charge in [0.05, 0.1) is 12.7 Å². The fourth-order valence-electron chi connectivity index (χ4n) is 11.9. The molecule has 0 unspecified atom stereocenters. The SMILES string of the molecule is C[C@@H]1CC[C@@]2(OC1)O[C@H]1C[C@H]3[C@@H]4CC[C@H]5C[C@H](NC(=O)CC(=O)NCCc6ccc(O)cc6)CC[C@]5(C)[C@H]4CC[C@]3(C)[C@H]1[C@@H]2C. The summed E-state index contributed by atoms with van der Waals surface area (Å²) in [5.41, 5.74) is 1.72. The Morgan fingerprint density at radius 2 is 1.69 bits per heavy atom. The van der Waals surface area contributed by atoms with Crippen molar-refractivity contribution in [1.29, 1.82) is 0 Å². The molecule has 7 rings (SSSR count). The van der Waals surface area contributed by atoms with Crippen LogP contribution in [0.25, 0.3) is 0 Å². The molecule has 2 aliphatic heterocycles. The summed E-state index contributed by atoms with van der Waals surface area (Å²) < 4.78 is 13.5. The molecular formula is C38H56N2O5. The van der Waals surface area contributed by atoms with Crippen LogP contribution in [0.3, 0.4) is 0 Å². The second-order valence-corrected chi connectivity index (χ2v) is 16.7. The Bertz CT molecular complexity index is 1260. The normalized spacial score (nSPS) is 45.2. The number of nitrogens with one attached hydrogen (secondary N) is 2. The van der Waals surface area contributed by atoms with Crippen molar-refractivity contribution in [3.8, 4) is 5.75 Å². The van der Waals surface area contributed by atoms with Crippen molar-refractivity contribution < 1.29 is 24.2 Å². The zero-order valence-corrected chi connectivity index (χ0v) is 28.0. The topological polar surface area (TPSA) is 96.9 Å². The van der Waals surface area contributed by atoms with Crippen LogP contribution in [-0.2, 0) is 25.5 Å². The quantitative estimate of drug-likeness (QED) is 0.321. The molecule has 248 valence electrons. The molecule has 7 heteroatoms. The number of phenolic OH excluding ortho intramolecular Hbond substituents is 1. The van der Waals surface area contributed by atoms with E-state index in [1.165, 1.54) is 44.9 Å². The predicted octanol–water partition coefficient (Wildman–Crippen LogP) is 6.37. The minimum atomic E-state index is -0.340. The van der Waals surface area contributed by atoms with Crippen molar-refractivity contribution in [2.24, 2.45) is 52.3 Å². The largest absolute Gasteiger partial charge is 0.508 e. The number of ether oxygens (including phenoxy) is 2. The average molecular weight is 621 g/mol. The van der Waals surface area contributed by atoms with Gasteiger partial charge < -0.3 is 25.2 Å². The van der Waals surface area contributed by atoms with Gasteiger partial charge in [0, 0.05) is 24.9 Å². The highest BCUT2D eigenvalue weighted by molar-refractivity contribution is 5.96. The Hall–Kier alpha value is -2.12. The van der Waals surface area contributed by atoms with Crippen molar-refractivity contribution in [3.05, 3.63) is 29.8 Å². The molecule has 45 heavy (non-hydrogen) atoms. The van der Waals surface area contributed by atoms with E-state index in [9.17, 15) is 14.7 Å². The Morgan fingerprint density at radius 3 is 2.44 bits per heavy atom. The first-order valence-corrected chi connectivity index (χ1v) is 18.2. The Morgan fingerprint density at radius 1 is 0.911 bits per heavy atom. The fraction of sp³-hybridized carbons (Fsp3) is 0.789. The van der Waals surface area contributed by atoms with Gasteiger partial charge >= 0.3 is 0 Å². The van der Waals surface area contributed by atoms with Gasteiger partial charge in [0.15, 0.2) is 5.79 Å². The first-order chi connectivity index (χ1) is 21.5. The van der Waals surface area contributed by atoms with Crippen LogP contribution in [0.5, 0.6) is 5.75 Å². The van der Waals surface area contributed by atoms with E-state index in [0.717, 1.165) is 49.2 Å². The molecule has 1 aromatic carbocycles. The number of fused-ring (bicyclic) bond motifs is 7. The minimum Gasteiger partial charge on any atom is -0.508 e. The van der Waals surface area contributed by atoms with Crippen molar-refractivity contribution in [2.75, 3.05) is 13.2 Å². The zero-order chi connectivity index (χ0) is 31.6. The number of amides is 2. The van der Waals surface area contributed by atoms with E-state index in [1.807, 2.05) is 12.1 Å². The van der Waals surface area contributed by atoms with Gasteiger partial charge in [-0.15, -0.1) is 0 Å². The van der Waals surface area contributed by atoms with E-state index in [-0.39, 0.29) is 35.8 Å². The molecular weight excluding hydrogens is 564 g/mol. The monoisotopic (exact) mass is 620 g/mol. The van der Waals surface area contributed by atoms with Gasteiger partial charge in [-0.2, -0.15) is 0 Å². The number of hydrogen-bond donors (Lipinski definition) is 3. The molecule has 7 nitrogen and oxygen atoms in total. The number of aromatic hydroxyl groups is 1. The minimum absolute atomic E-state index is 0.118. The van der Waals surface area contributed by atoms with Gasteiger partial charge in [0.2, 0.25) is 11.8 Å². The van der Waals surface area contributed by atoms with E-state index in [1.54, 1.807) is 12.1 Å². The third kappa shape index (κ3) is 5.52. The second-order valence-electron chi connectivity index (χ2n) is 16.7. The van der Waals surface area contributed by atoms with Gasteiger partial charge in [0.1, 0.15) is 12.2 Å². The van der Waals surface area contributed by atoms with Crippen LogP contribution in [0.1, 0.15) is 104 Å². The van der Waals surface area contributed by atoms with Crippen LogP contribution in [0.2, 0.25) is 0 Å². The molecule has 6 aliphatic rings. The number of hydrogen-bond acceptors (Lipinski definition) is 5. The number of phenols is 1. The number of benzene rings is 1. The summed E-state index contributed by atoms with van der Waals surface area (Å²) in [5, 5.41) is 15.5. The molecule has 1 aromatic rings. The standard InChI is InChI=1S/C38H56N2O5/c1-23-11-17-38(44-22-23)24(2)35-32(45-38)20-31-29-10-7-26-19-27(12-15-36(26,3)30(29)13-16-37(31,35)4)40-34(43)21-33(42)39-18-14-25-5-8-28(41)9-6-25/h5-6,8-9,23-24,26-27,29-32,35,41H,7,10-22H2,1-4H3,(H,39,42)(H,40,43)/t23-,24+,26+,27-,29-,30+,31+,32+,35+,36+,37+,38-/m1/s1. The molecule has 2 saturated heterocycles.